The molecule has 1 nitrogen and oxygen atoms in total. The fourth-order valence-electron chi connectivity index (χ4n) is 0.858. The standard InChI is InChI=1S/C12H24OSi/c1-10(2)8-9-11(13)14(6,7)12(3,4)5/h8-10H,1-7H3. The van der Waals surface area contributed by atoms with Gasteiger partial charge < -0.3 is 4.79 Å². The van der Waals surface area contributed by atoms with Gasteiger partial charge in [0, 0.05) is 0 Å². The van der Waals surface area contributed by atoms with E-state index in [1.54, 1.807) is 6.08 Å². The first-order chi connectivity index (χ1) is 6.09. The molecule has 0 amide bonds. The monoisotopic (exact) mass is 212 g/mol. The van der Waals surface area contributed by atoms with Crippen LogP contribution in [0.5, 0.6) is 0 Å². The first-order valence-electron chi connectivity index (χ1n) is 5.31. The van der Waals surface area contributed by atoms with Crippen LogP contribution in [0.2, 0.25) is 18.1 Å². The predicted octanol–water partition coefficient (Wildman–Crippen LogP) is 3.82. The molecule has 0 aromatic heterocycles. The van der Waals surface area contributed by atoms with Crippen molar-refractivity contribution in [2.75, 3.05) is 0 Å². The lowest BCUT2D eigenvalue weighted by Crippen LogP contribution is -2.45. The van der Waals surface area contributed by atoms with Gasteiger partial charge in [-0.05, 0) is 17.0 Å². The van der Waals surface area contributed by atoms with Gasteiger partial charge in [0.05, 0.1) is 0 Å². The Balaban J connectivity index is 4.69. The second kappa shape index (κ2) is 4.43. The summed E-state index contributed by atoms with van der Waals surface area (Å²) in [5, 5.41) is 0.504. The van der Waals surface area contributed by atoms with Gasteiger partial charge in [-0.2, -0.15) is 0 Å². The molecule has 0 aromatic rings. The summed E-state index contributed by atoms with van der Waals surface area (Å²) in [6.45, 7) is 15.0. The molecule has 0 aliphatic rings. The van der Waals surface area contributed by atoms with Crippen LogP contribution in [0.4, 0.5) is 0 Å². The number of hydrogen-bond acceptors (Lipinski definition) is 1. The van der Waals surface area contributed by atoms with Gasteiger partial charge >= 0.3 is 0 Å². The van der Waals surface area contributed by atoms with E-state index in [-0.39, 0.29) is 5.04 Å². The van der Waals surface area contributed by atoms with Crippen molar-refractivity contribution in [3.8, 4) is 0 Å². The molecular formula is C12H24OSi. The fourth-order valence-corrected chi connectivity index (χ4v) is 2.11. The molecular weight excluding hydrogens is 188 g/mol. The SMILES string of the molecule is CC(C)C=CC(=O)[Si](C)(C)C(C)(C)C. The van der Waals surface area contributed by atoms with Crippen LogP contribution in [-0.4, -0.2) is 13.5 Å². The molecule has 0 aliphatic heterocycles. The third-order valence-corrected chi connectivity index (χ3v) is 8.27. The van der Waals surface area contributed by atoms with Crippen LogP contribution in [-0.2, 0) is 4.79 Å². The topological polar surface area (TPSA) is 17.1 Å². The number of hydrogen-bond donors (Lipinski definition) is 0. The van der Waals surface area contributed by atoms with E-state index in [2.05, 4.69) is 47.7 Å². The zero-order valence-corrected chi connectivity index (χ0v) is 11.6. The Bertz CT molecular complexity index is 231. The lowest BCUT2D eigenvalue weighted by Gasteiger charge is -2.34. The molecule has 0 N–H and O–H groups in total. The summed E-state index contributed by atoms with van der Waals surface area (Å²) >= 11 is 0. The second-order valence-corrected chi connectivity index (χ2v) is 11.1. The van der Waals surface area contributed by atoms with Crippen LogP contribution in [0.15, 0.2) is 12.2 Å². The average molecular weight is 212 g/mol. The highest BCUT2D eigenvalue weighted by Crippen LogP contribution is 2.36. The molecule has 0 aliphatic carbocycles. The summed E-state index contributed by atoms with van der Waals surface area (Å²) in [5.74, 6) is 0.462. The lowest BCUT2D eigenvalue weighted by atomic mass is 10.2. The van der Waals surface area contributed by atoms with Crippen molar-refractivity contribution in [3.63, 3.8) is 0 Å². The minimum Gasteiger partial charge on any atom is -0.301 e. The lowest BCUT2D eigenvalue weighted by molar-refractivity contribution is -0.108. The molecule has 0 rings (SSSR count). The zero-order chi connectivity index (χ0) is 11.6. The zero-order valence-electron chi connectivity index (χ0n) is 10.6. The molecule has 0 saturated carbocycles. The quantitative estimate of drug-likeness (QED) is 0.513. The van der Waals surface area contributed by atoms with Crippen molar-refractivity contribution in [1.82, 2.24) is 0 Å². The molecule has 0 atom stereocenters. The molecule has 0 unspecified atom stereocenters. The Hall–Kier alpha value is -0.373. The van der Waals surface area contributed by atoms with Crippen molar-refractivity contribution in [2.45, 2.75) is 52.8 Å². The number of allylic oxidation sites excluding steroid dienone is 2. The molecule has 0 bridgehead atoms. The Labute approximate surface area is 89.6 Å². The Morgan fingerprint density at radius 1 is 1.21 bits per heavy atom. The molecule has 0 aromatic carbocycles. The van der Waals surface area contributed by atoms with Crippen LogP contribution in [0.25, 0.3) is 0 Å². The van der Waals surface area contributed by atoms with Crippen LogP contribution >= 0.6 is 0 Å². The van der Waals surface area contributed by atoms with Gasteiger partial charge in [-0.1, -0.05) is 53.8 Å². The van der Waals surface area contributed by atoms with E-state index in [9.17, 15) is 4.79 Å². The van der Waals surface area contributed by atoms with E-state index in [0.717, 1.165) is 0 Å². The summed E-state index contributed by atoms with van der Waals surface area (Å²) in [4.78, 5) is 12.0. The number of carbonyl (C=O) groups excluding carboxylic acids is 1. The smallest absolute Gasteiger partial charge is 0.137 e. The predicted molar refractivity (Wildman–Crippen MR) is 66.2 cm³/mol. The largest absolute Gasteiger partial charge is 0.301 e. The molecule has 0 radical (unpaired) electrons. The van der Waals surface area contributed by atoms with Crippen molar-refractivity contribution >= 4 is 13.5 Å². The van der Waals surface area contributed by atoms with Crippen LogP contribution in [0, 0.1) is 5.92 Å². The Kier molecular flexibility index (Phi) is 4.31. The highest BCUT2D eigenvalue weighted by atomic mass is 28.3. The highest BCUT2D eigenvalue weighted by Gasteiger charge is 2.40. The number of rotatable bonds is 3. The van der Waals surface area contributed by atoms with Crippen molar-refractivity contribution < 1.29 is 4.79 Å². The van der Waals surface area contributed by atoms with Gasteiger partial charge in [0.25, 0.3) is 0 Å². The van der Waals surface area contributed by atoms with Crippen LogP contribution < -0.4 is 0 Å². The fraction of sp³-hybridized carbons (Fsp3) is 0.750. The van der Waals surface area contributed by atoms with E-state index in [0.29, 0.717) is 11.3 Å². The molecule has 82 valence electrons. The van der Waals surface area contributed by atoms with Crippen molar-refractivity contribution in [2.24, 2.45) is 5.92 Å². The maximum atomic E-state index is 12.0. The molecule has 2 heteroatoms. The maximum absolute atomic E-state index is 12.0. The summed E-state index contributed by atoms with van der Waals surface area (Å²) in [6.07, 6.45) is 3.80. The van der Waals surface area contributed by atoms with E-state index >= 15 is 0 Å². The first-order valence-corrected chi connectivity index (χ1v) is 8.31. The summed E-state index contributed by atoms with van der Waals surface area (Å²) in [5.41, 5.74) is 0. The molecule has 14 heavy (non-hydrogen) atoms. The third kappa shape index (κ3) is 3.41. The van der Waals surface area contributed by atoms with Gasteiger partial charge in [0.2, 0.25) is 0 Å². The van der Waals surface area contributed by atoms with Gasteiger partial charge in [-0.15, -0.1) is 0 Å². The molecule has 0 saturated heterocycles. The minimum atomic E-state index is -1.80. The first kappa shape index (κ1) is 13.6. The molecule has 0 spiro atoms. The number of carbonyl (C=O) groups is 1. The average Bonchev–Trinajstić information content (AvgIpc) is 1.97. The van der Waals surface area contributed by atoms with Crippen LogP contribution in [0.1, 0.15) is 34.6 Å². The second-order valence-electron chi connectivity index (χ2n) is 5.84. The van der Waals surface area contributed by atoms with E-state index in [4.69, 9.17) is 0 Å². The van der Waals surface area contributed by atoms with Crippen LogP contribution in [0.3, 0.4) is 0 Å². The van der Waals surface area contributed by atoms with Gasteiger partial charge in [-0.25, -0.2) is 0 Å². The molecule has 0 heterocycles. The summed E-state index contributed by atoms with van der Waals surface area (Å²) in [7, 11) is -1.80. The normalized spacial score (nSPS) is 14.0. The minimum absolute atomic E-state index is 0.144. The van der Waals surface area contributed by atoms with Gasteiger partial charge in [0.15, 0.2) is 0 Å². The Morgan fingerprint density at radius 2 is 1.64 bits per heavy atom. The van der Waals surface area contributed by atoms with Crippen molar-refractivity contribution in [1.29, 1.82) is 0 Å². The van der Waals surface area contributed by atoms with Gasteiger partial charge in [0.1, 0.15) is 13.5 Å². The highest BCUT2D eigenvalue weighted by molar-refractivity contribution is 7.07. The summed E-state index contributed by atoms with van der Waals surface area (Å²) < 4.78 is 0. The van der Waals surface area contributed by atoms with Crippen molar-refractivity contribution in [3.05, 3.63) is 12.2 Å². The van der Waals surface area contributed by atoms with E-state index < -0.39 is 8.07 Å². The summed E-state index contributed by atoms with van der Waals surface area (Å²) in [6, 6.07) is 0. The third-order valence-electron chi connectivity index (χ3n) is 3.12. The molecule has 0 fully saturated rings. The van der Waals surface area contributed by atoms with E-state index in [1.165, 1.54) is 0 Å². The Morgan fingerprint density at radius 3 is 1.93 bits per heavy atom. The van der Waals surface area contributed by atoms with E-state index in [1.807, 2.05) is 6.08 Å². The van der Waals surface area contributed by atoms with Gasteiger partial charge in [-0.3, -0.25) is 0 Å². The maximum Gasteiger partial charge on any atom is 0.137 e.